The van der Waals surface area contributed by atoms with Crippen LogP contribution in [0.3, 0.4) is 0 Å². The summed E-state index contributed by atoms with van der Waals surface area (Å²) in [5, 5.41) is 0.742. The highest BCUT2D eigenvalue weighted by Crippen LogP contribution is 2.30. The van der Waals surface area contributed by atoms with E-state index in [2.05, 4.69) is 0 Å². The van der Waals surface area contributed by atoms with Gasteiger partial charge in [0, 0.05) is 16.7 Å². The van der Waals surface area contributed by atoms with Crippen molar-refractivity contribution < 1.29 is 23.5 Å². The number of fused-ring (bicyclic) bond motifs is 2. The number of halogens is 1. The molecule has 0 bridgehead atoms. The minimum atomic E-state index is -0.659. The molecule has 0 N–H and O–H groups in total. The minimum absolute atomic E-state index is 0.181. The molecule has 1 aromatic heterocycles. The second-order valence-electron chi connectivity index (χ2n) is 8.54. The van der Waals surface area contributed by atoms with E-state index in [9.17, 15) is 19.2 Å². The Morgan fingerprint density at radius 3 is 2.03 bits per heavy atom. The van der Waals surface area contributed by atoms with E-state index in [1.165, 1.54) is 48.7 Å². The molecule has 4 aromatic carbocycles. The zero-order chi connectivity index (χ0) is 26.4. The second kappa shape index (κ2) is 9.14. The van der Waals surface area contributed by atoms with E-state index >= 15 is 0 Å². The zero-order valence-corrected chi connectivity index (χ0v) is 20.3. The highest BCUT2D eigenvalue weighted by molar-refractivity contribution is 6.34. The Morgan fingerprint density at radius 2 is 1.37 bits per heavy atom. The molecular weight excluding hydrogens is 506 g/mol. The topological polar surface area (TPSA) is 93.9 Å². The van der Waals surface area contributed by atoms with Gasteiger partial charge in [0.25, 0.3) is 11.8 Å². The molecule has 1 aliphatic heterocycles. The number of nitrogens with zero attached hydrogens (tertiary/aromatic N) is 1. The molecular formula is C30H16ClNO6. The SMILES string of the molecule is O=C(Oc1ccc2c(=O)c(-c3ccccc3Cl)coc2c1)c1ccc(N2C(=O)c3ccccc3C2=O)cc1. The molecule has 0 aliphatic carbocycles. The summed E-state index contributed by atoms with van der Waals surface area (Å²) < 4.78 is 11.1. The lowest BCUT2D eigenvalue weighted by Crippen LogP contribution is -2.29. The number of amides is 2. The van der Waals surface area contributed by atoms with Crippen molar-refractivity contribution in [3.8, 4) is 16.9 Å². The number of ether oxygens (including phenoxy) is 1. The fourth-order valence-electron chi connectivity index (χ4n) is 4.37. The Kier molecular flexibility index (Phi) is 5.62. The van der Waals surface area contributed by atoms with Crippen LogP contribution in [0.4, 0.5) is 5.69 Å². The van der Waals surface area contributed by atoms with Crippen molar-refractivity contribution in [3.63, 3.8) is 0 Å². The van der Waals surface area contributed by atoms with Crippen LogP contribution < -0.4 is 15.1 Å². The molecule has 0 radical (unpaired) electrons. The summed E-state index contributed by atoms with van der Waals surface area (Å²) in [6.07, 6.45) is 1.33. The lowest BCUT2D eigenvalue weighted by molar-refractivity contribution is 0.0734. The molecule has 0 saturated heterocycles. The van der Waals surface area contributed by atoms with Crippen molar-refractivity contribution >= 4 is 46.0 Å². The van der Waals surface area contributed by atoms with Gasteiger partial charge >= 0.3 is 5.97 Å². The number of carbonyl (C=O) groups excluding carboxylic acids is 3. The van der Waals surface area contributed by atoms with Gasteiger partial charge in [0.2, 0.25) is 5.43 Å². The standard InChI is InChI=1S/C30H16ClNO6/c31-25-8-4-3-5-20(25)24-16-37-26-15-19(13-14-23(26)27(24)33)38-30(36)17-9-11-18(12-10-17)32-28(34)21-6-1-2-7-22(21)29(32)35/h1-16H. The van der Waals surface area contributed by atoms with Crippen LogP contribution in [0.2, 0.25) is 5.02 Å². The number of anilines is 1. The molecule has 0 spiro atoms. The van der Waals surface area contributed by atoms with Crippen LogP contribution in [-0.4, -0.2) is 17.8 Å². The number of rotatable bonds is 4. The summed E-state index contributed by atoms with van der Waals surface area (Å²) in [6.45, 7) is 0. The molecule has 6 rings (SSSR count). The van der Waals surface area contributed by atoms with Gasteiger partial charge in [0.1, 0.15) is 17.6 Å². The van der Waals surface area contributed by atoms with Crippen LogP contribution >= 0.6 is 11.6 Å². The Morgan fingerprint density at radius 1 is 0.737 bits per heavy atom. The van der Waals surface area contributed by atoms with E-state index in [1.54, 1.807) is 48.5 Å². The van der Waals surface area contributed by atoms with Crippen LogP contribution in [-0.2, 0) is 0 Å². The maximum Gasteiger partial charge on any atom is 0.343 e. The fraction of sp³-hybridized carbons (Fsp3) is 0. The van der Waals surface area contributed by atoms with Crippen molar-refractivity contribution in [2.24, 2.45) is 0 Å². The molecule has 184 valence electrons. The molecule has 0 unspecified atom stereocenters. The third-order valence-corrected chi connectivity index (χ3v) is 6.61. The maximum absolute atomic E-state index is 13.0. The van der Waals surface area contributed by atoms with Gasteiger partial charge in [-0.1, -0.05) is 41.9 Å². The summed E-state index contributed by atoms with van der Waals surface area (Å²) >= 11 is 6.23. The molecule has 1 aliphatic rings. The van der Waals surface area contributed by atoms with E-state index in [4.69, 9.17) is 20.8 Å². The van der Waals surface area contributed by atoms with Gasteiger partial charge < -0.3 is 9.15 Å². The quantitative estimate of drug-likeness (QED) is 0.160. The van der Waals surface area contributed by atoms with Gasteiger partial charge in [-0.2, -0.15) is 0 Å². The zero-order valence-electron chi connectivity index (χ0n) is 19.5. The van der Waals surface area contributed by atoms with E-state index in [0.717, 1.165) is 4.90 Å². The molecule has 8 heteroatoms. The van der Waals surface area contributed by atoms with Gasteiger partial charge in [0.05, 0.1) is 33.3 Å². The summed E-state index contributed by atoms with van der Waals surface area (Å²) in [6, 6.07) is 24.0. The van der Waals surface area contributed by atoms with Crippen molar-refractivity contribution in [1.82, 2.24) is 0 Å². The van der Waals surface area contributed by atoms with Crippen LogP contribution in [0.15, 0.2) is 106 Å². The first kappa shape index (κ1) is 23.4. The number of hydrogen-bond acceptors (Lipinski definition) is 6. The highest BCUT2D eigenvalue weighted by atomic mass is 35.5. The number of benzene rings is 4. The first-order valence-electron chi connectivity index (χ1n) is 11.5. The maximum atomic E-state index is 13.0. The van der Waals surface area contributed by atoms with Crippen molar-refractivity contribution in [3.05, 3.63) is 129 Å². The predicted octanol–water partition coefficient (Wildman–Crippen LogP) is 6.13. The fourth-order valence-corrected chi connectivity index (χ4v) is 4.61. The Bertz CT molecular complexity index is 1810. The minimum Gasteiger partial charge on any atom is -0.463 e. The van der Waals surface area contributed by atoms with Gasteiger partial charge in [-0.3, -0.25) is 14.4 Å². The number of imide groups is 1. The number of esters is 1. The van der Waals surface area contributed by atoms with E-state index in [-0.39, 0.29) is 22.3 Å². The average Bonchev–Trinajstić information content (AvgIpc) is 3.19. The first-order chi connectivity index (χ1) is 18.4. The predicted molar refractivity (Wildman–Crippen MR) is 142 cm³/mol. The van der Waals surface area contributed by atoms with E-state index in [0.29, 0.717) is 38.4 Å². The molecule has 7 nitrogen and oxygen atoms in total. The molecule has 0 fully saturated rings. The Labute approximate surface area is 220 Å². The molecule has 0 saturated carbocycles. The number of carbonyl (C=O) groups is 3. The van der Waals surface area contributed by atoms with Crippen LogP contribution in [0, 0.1) is 0 Å². The molecule has 0 atom stereocenters. The first-order valence-corrected chi connectivity index (χ1v) is 11.9. The Hall–Kier alpha value is -5.01. The normalized spacial score (nSPS) is 12.6. The molecule has 5 aromatic rings. The highest BCUT2D eigenvalue weighted by Gasteiger charge is 2.36. The van der Waals surface area contributed by atoms with Gasteiger partial charge in [-0.15, -0.1) is 0 Å². The average molecular weight is 522 g/mol. The van der Waals surface area contributed by atoms with Crippen LogP contribution in [0.5, 0.6) is 5.75 Å². The van der Waals surface area contributed by atoms with Gasteiger partial charge in [0.15, 0.2) is 0 Å². The summed E-state index contributed by atoms with van der Waals surface area (Å²) in [5.41, 5.74) is 2.09. The number of hydrogen-bond donors (Lipinski definition) is 0. The summed E-state index contributed by atoms with van der Waals surface area (Å²) in [5.74, 6) is -1.32. The monoisotopic (exact) mass is 521 g/mol. The third-order valence-electron chi connectivity index (χ3n) is 6.28. The smallest absolute Gasteiger partial charge is 0.343 e. The molecule has 2 amide bonds. The van der Waals surface area contributed by atoms with Crippen LogP contribution in [0.1, 0.15) is 31.1 Å². The van der Waals surface area contributed by atoms with Gasteiger partial charge in [-0.05, 0) is 54.6 Å². The largest absolute Gasteiger partial charge is 0.463 e. The lowest BCUT2D eigenvalue weighted by atomic mass is 10.1. The van der Waals surface area contributed by atoms with Crippen molar-refractivity contribution in [1.29, 1.82) is 0 Å². The van der Waals surface area contributed by atoms with Crippen molar-refractivity contribution in [2.75, 3.05) is 4.90 Å². The molecule has 2 heterocycles. The van der Waals surface area contributed by atoms with Gasteiger partial charge in [-0.25, -0.2) is 9.69 Å². The summed E-state index contributed by atoms with van der Waals surface area (Å²) in [7, 11) is 0. The summed E-state index contributed by atoms with van der Waals surface area (Å²) in [4.78, 5) is 52.2. The van der Waals surface area contributed by atoms with Crippen molar-refractivity contribution in [2.45, 2.75) is 0 Å². The lowest BCUT2D eigenvalue weighted by Gasteiger charge is -2.14. The molecule has 38 heavy (non-hydrogen) atoms. The van der Waals surface area contributed by atoms with Crippen LogP contribution in [0.25, 0.3) is 22.1 Å². The van der Waals surface area contributed by atoms with E-state index in [1.807, 2.05) is 0 Å². The van der Waals surface area contributed by atoms with E-state index < -0.39 is 17.8 Å². The second-order valence-corrected chi connectivity index (χ2v) is 8.95. The Balaban J connectivity index is 1.22. The third kappa shape index (κ3) is 3.86.